The molecule has 1 fully saturated rings. The maximum atomic E-state index is 5.73. The number of hydrogen-bond donors (Lipinski definition) is 0. The quantitative estimate of drug-likeness (QED) is 0.631. The van der Waals surface area contributed by atoms with Crippen molar-refractivity contribution in [3.8, 4) is 0 Å². The Hall–Kier alpha value is -0.0800. The molecule has 2 atom stereocenters. The van der Waals surface area contributed by atoms with E-state index in [1.165, 1.54) is 0 Å². The standard InChI is InChI=1S/C10H21NO/c1-7(2)10-11(8(3)4)9(5)6-12-10/h7-10H,6H2,1-5H3/t9-,10?/m0/s1. The van der Waals surface area contributed by atoms with Crippen LogP contribution in [0.1, 0.15) is 34.6 Å². The van der Waals surface area contributed by atoms with Crippen LogP contribution in [0.3, 0.4) is 0 Å². The maximum absolute atomic E-state index is 5.73. The molecule has 72 valence electrons. The minimum absolute atomic E-state index is 0.333. The van der Waals surface area contributed by atoms with E-state index in [-0.39, 0.29) is 0 Å². The molecule has 2 heteroatoms. The number of ether oxygens (including phenoxy) is 1. The molecule has 0 radical (unpaired) electrons. The van der Waals surface area contributed by atoms with Gasteiger partial charge in [0, 0.05) is 12.1 Å². The third-order valence-corrected chi connectivity index (χ3v) is 2.48. The van der Waals surface area contributed by atoms with E-state index in [1.54, 1.807) is 0 Å². The Morgan fingerprint density at radius 1 is 1.25 bits per heavy atom. The zero-order valence-electron chi connectivity index (χ0n) is 8.87. The van der Waals surface area contributed by atoms with Crippen LogP contribution in [0.4, 0.5) is 0 Å². The van der Waals surface area contributed by atoms with Crippen molar-refractivity contribution in [2.45, 2.75) is 52.9 Å². The van der Waals surface area contributed by atoms with Gasteiger partial charge in [0.2, 0.25) is 0 Å². The second-order valence-electron chi connectivity index (χ2n) is 4.36. The van der Waals surface area contributed by atoms with Gasteiger partial charge >= 0.3 is 0 Å². The van der Waals surface area contributed by atoms with Crippen molar-refractivity contribution in [1.29, 1.82) is 0 Å². The Morgan fingerprint density at radius 2 is 1.83 bits per heavy atom. The molecule has 1 heterocycles. The molecule has 0 aromatic rings. The van der Waals surface area contributed by atoms with E-state index in [2.05, 4.69) is 39.5 Å². The van der Waals surface area contributed by atoms with Crippen molar-refractivity contribution in [1.82, 2.24) is 4.90 Å². The summed E-state index contributed by atoms with van der Waals surface area (Å²) < 4.78 is 5.73. The maximum Gasteiger partial charge on any atom is 0.113 e. The average molecular weight is 171 g/mol. The molecule has 0 amide bonds. The monoisotopic (exact) mass is 171 g/mol. The SMILES string of the molecule is CC(C)C1OC[C@H](C)N1C(C)C. The van der Waals surface area contributed by atoms with Crippen molar-refractivity contribution < 1.29 is 4.74 Å². The van der Waals surface area contributed by atoms with E-state index in [1.807, 2.05) is 0 Å². The van der Waals surface area contributed by atoms with Crippen LogP contribution in [-0.4, -0.2) is 29.8 Å². The zero-order chi connectivity index (χ0) is 9.30. The summed E-state index contributed by atoms with van der Waals surface area (Å²) in [4.78, 5) is 2.46. The fraction of sp³-hybridized carbons (Fsp3) is 1.00. The van der Waals surface area contributed by atoms with E-state index < -0.39 is 0 Å². The van der Waals surface area contributed by atoms with Crippen molar-refractivity contribution >= 4 is 0 Å². The van der Waals surface area contributed by atoms with Crippen LogP contribution < -0.4 is 0 Å². The Balaban J connectivity index is 2.64. The summed E-state index contributed by atoms with van der Waals surface area (Å²) in [6.07, 6.45) is 0.333. The van der Waals surface area contributed by atoms with Gasteiger partial charge in [0.25, 0.3) is 0 Å². The van der Waals surface area contributed by atoms with E-state index >= 15 is 0 Å². The molecule has 1 aliphatic heterocycles. The number of hydrogen-bond acceptors (Lipinski definition) is 2. The van der Waals surface area contributed by atoms with Gasteiger partial charge in [-0.05, 0) is 26.7 Å². The van der Waals surface area contributed by atoms with Crippen LogP contribution in [0.15, 0.2) is 0 Å². The van der Waals surface area contributed by atoms with Gasteiger partial charge < -0.3 is 4.74 Å². The van der Waals surface area contributed by atoms with E-state index in [9.17, 15) is 0 Å². The van der Waals surface area contributed by atoms with Crippen LogP contribution in [0.5, 0.6) is 0 Å². The molecule has 0 aromatic carbocycles. The molecule has 0 aromatic heterocycles. The van der Waals surface area contributed by atoms with Gasteiger partial charge in [-0.2, -0.15) is 0 Å². The smallest absolute Gasteiger partial charge is 0.113 e. The van der Waals surface area contributed by atoms with Crippen LogP contribution in [-0.2, 0) is 4.74 Å². The largest absolute Gasteiger partial charge is 0.361 e. The third-order valence-electron chi connectivity index (χ3n) is 2.48. The van der Waals surface area contributed by atoms with Crippen molar-refractivity contribution in [3.05, 3.63) is 0 Å². The third kappa shape index (κ3) is 1.80. The average Bonchev–Trinajstić information content (AvgIpc) is 2.30. The summed E-state index contributed by atoms with van der Waals surface area (Å²) in [7, 11) is 0. The predicted octanol–water partition coefficient (Wildman–Crippen LogP) is 2.10. The molecule has 0 bridgehead atoms. The lowest BCUT2D eigenvalue weighted by atomic mass is 10.1. The fourth-order valence-electron chi connectivity index (χ4n) is 2.00. The second kappa shape index (κ2) is 3.75. The van der Waals surface area contributed by atoms with Gasteiger partial charge in [-0.25, -0.2) is 0 Å². The Labute approximate surface area is 75.9 Å². The highest BCUT2D eigenvalue weighted by atomic mass is 16.5. The minimum atomic E-state index is 0.333. The van der Waals surface area contributed by atoms with E-state index in [4.69, 9.17) is 4.74 Å². The van der Waals surface area contributed by atoms with Crippen molar-refractivity contribution in [2.75, 3.05) is 6.61 Å². The van der Waals surface area contributed by atoms with Crippen LogP contribution in [0, 0.1) is 5.92 Å². The first kappa shape index (κ1) is 10.0. The topological polar surface area (TPSA) is 12.5 Å². The van der Waals surface area contributed by atoms with Gasteiger partial charge in [-0.3, -0.25) is 4.90 Å². The van der Waals surface area contributed by atoms with Gasteiger partial charge in [0.15, 0.2) is 0 Å². The molecule has 0 spiro atoms. The molecule has 0 saturated carbocycles. The van der Waals surface area contributed by atoms with Crippen LogP contribution >= 0.6 is 0 Å². The van der Waals surface area contributed by atoms with Gasteiger partial charge in [0.05, 0.1) is 6.61 Å². The summed E-state index contributed by atoms with van der Waals surface area (Å²) >= 11 is 0. The van der Waals surface area contributed by atoms with E-state index in [0.717, 1.165) is 6.61 Å². The lowest BCUT2D eigenvalue weighted by Crippen LogP contribution is -2.43. The summed E-state index contributed by atoms with van der Waals surface area (Å²) in [5, 5.41) is 0. The molecular weight excluding hydrogens is 150 g/mol. The molecule has 0 N–H and O–H groups in total. The summed E-state index contributed by atoms with van der Waals surface area (Å²) in [5.74, 6) is 0.595. The summed E-state index contributed by atoms with van der Waals surface area (Å²) in [6, 6.07) is 1.17. The van der Waals surface area contributed by atoms with Crippen molar-refractivity contribution in [2.24, 2.45) is 5.92 Å². The van der Waals surface area contributed by atoms with Gasteiger partial charge in [0.1, 0.15) is 6.23 Å². The predicted molar refractivity (Wildman–Crippen MR) is 51.0 cm³/mol. The summed E-state index contributed by atoms with van der Waals surface area (Å²) in [6.45, 7) is 12.0. The lowest BCUT2D eigenvalue weighted by molar-refractivity contribution is -0.0184. The highest BCUT2D eigenvalue weighted by Gasteiger charge is 2.34. The molecule has 1 saturated heterocycles. The van der Waals surface area contributed by atoms with Gasteiger partial charge in [-0.1, -0.05) is 13.8 Å². The number of nitrogens with zero attached hydrogens (tertiary/aromatic N) is 1. The fourth-order valence-corrected chi connectivity index (χ4v) is 2.00. The highest BCUT2D eigenvalue weighted by Crippen LogP contribution is 2.24. The zero-order valence-corrected chi connectivity index (χ0v) is 8.87. The first-order chi connectivity index (χ1) is 5.54. The van der Waals surface area contributed by atoms with E-state index in [0.29, 0.717) is 24.2 Å². The van der Waals surface area contributed by atoms with Crippen LogP contribution in [0.2, 0.25) is 0 Å². The second-order valence-corrected chi connectivity index (χ2v) is 4.36. The van der Waals surface area contributed by atoms with Crippen molar-refractivity contribution in [3.63, 3.8) is 0 Å². The molecule has 1 unspecified atom stereocenters. The molecule has 2 nitrogen and oxygen atoms in total. The lowest BCUT2D eigenvalue weighted by Gasteiger charge is -2.32. The van der Waals surface area contributed by atoms with Crippen LogP contribution in [0.25, 0.3) is 0 Å². The minimum Gasteiger partial charge on any atom is -0.361 e. The molecular formula is C10H21NO. The molecule has 1 rings (SSSR count). The van der Waals surface area contributed by atoms with Gasteiger partial charge in [-0.15, -0.1) is 0 Å². The first-order valence-electron chi connectivity index (χ1n) is 4.93. The first-order valence-corrected chi connectivity index (χ1v) is 4.93. The Kier molecular flexibility index (Phi) is 3.13. The molecule has 0 aliphatic carbocycles. The Morgan fingerprint density at radius 3 is 2.17 bits per heavy atom. The molecule has 12 heavy (non-hydrogen) atoms. The molecule has 1 aliphatic rings. The normalized spacial score (nSPS) is 32.2. The number of rotatable bonds is 2. The Bertz CT molecular complexity index is 145. The summed E-state index contributed by atoms with van der Waals surface area (Å²) in [5.41, 5.74) is 0. The highest BCUT2D eigenvalue weighted by molar-refractivity contribution is 4.81.